The molecule has 0 unspecified atom stereocenters. The van der Waals surface area contributed by atoms with Crippen molar-refractivity contribution >= 4 is 21.8 Å². The first-order valence-corrected chi connectivity index (χ1v) is 11.9. The highest BCUT2D eigenvalue weighted by Gasteiger charge is 2.35. The Kier molecular flexibility index (Phi) is 7.06. The zero-order chi connectivity index (χ0) is 23.3. The topological polar surface area (TPSA) is 136 Å². The lowest BCUT2D eigenvalue weighted by Gasteiger charge is -2.34. The Bertz CT molecular complexity index is 1110. The van der Waals surface area contributed by atoms with Gasteiger partial charge in [0.1, 0.15) is 19.4 Å². The molecule has 2 N–H and O–H groups in total. The Hall–Kier alpha value is -3.22. The molecule has 0 spiro atoms. The van der Waals surface area contributed by atoms with Gasteiger partial charge in [0.25, 0.3) is 0 Å². The predicted octanol–water partition coefficient (Wildman–Crippen LogP) is 0.0225. The molecular formula is C21H24N4O7S. The largest absolute Gasteiger partial charge is 0.486 e. The molecule has 2 aromatic rings. The van der Waals surface area contributed by atoms with Gasteiger partial charge >= 0.3 is 11.8 Å². The van der Waals surface area contributed by atoms with Gasteiger partial charge in [0.05, 0.1) is 30.3 Å². The van der Waals surface area contributed by atoms with Crippen LogP contribution in [0.5, 0.6) is 11.5 Å². The lowest BCUT2D eigenvalue weighted by molar-refractivity contribution is -0.140. The van der Waals surface area contributed by atoms with Gasteiger partial charge in [0.2, 0.25) is 10.0 Å². The van der Waals surface area contributed by atoms with Gasteiger partial charge in [-0.1, -0.05) is 6.07 Å². The van der Waals surface area contributed by atoms with Gasteiger partial charge in [0, 0.05) is 18.8 Å². The molecule has 11 nitrogen and oxygen atoms in total. The fourth-order valence-electron chi connectivity index (χ4n) is 3.44. The summed E-state index contributed by atoms with van der Waals surface area (Å²) in [5, 5.41) is 4.92. The zero-order valence-corrected chi connectivity index (χ0v) is 18.5. The van der Waals surface area contributed by atoms with E-state index in [1.54, 1.807) is 30.5 Å². The number of ether oxygens (including phenoxy) is 3. The number of nitrogens with zero attached hydrogens (tertiary/aromatic N) is 2. The van der Waals surface area contributed by atoms with E-state index in [1.807, 2.05) is 0 Å². The first-order chi connectivity index (χ1) is 15.9. The number of hydrogen-bond acceptors (Lipinski definition) is 8. The van der Waals surface area contributed by atoms with Crippen LogP contribution in [0.25, 0.3) is 0 Å². The average Bonchev–Trinajstić information content (AvgIpc) is 2.86. The molecule has 0 bridgehead atoms. The molecule has 4 rings (SSSR count). The normalized spacial score (nSPS) is 18.4. The number of nitrogens with one attached hydrogen (secondary N) is 2. The number of benzene rings is 1. The molecule has 2 amide bonds. The second kappa shape index (κ2) is 10.1. The van der Waals surface area contributed by atoms with E-state index < -0.39 is 28.1 Å². The standard InChI is InChI=1S/C21H24N4O7S/c26-20(23-13-15-4-1-2-7-22-15)21(27)24-14-19-25(8-3-9-32-19)33(28,29)16-5-6-17-18(12-16)31-11-10-30-17/h1-2,4-7,12,19H,3,8-11,13-14H2,(H,23,26)(H,24,27)/t19-/m0/s1. The van der Waals surface area contributed by atoms with E-state index in [-0.39, 0.29) is 24.5 Å². The summed E-state index contributed by atoms with van der Waals surface area (Å²) in [6.07, 6.45) is 1.13. The van der Waals surface area contributed by atoms with Crippen LogP contribution >= 0.6 is 0 Å². The monoisotopic (exact) mass is 476 g/mol. The van der Waals surface area contributed by atoms with Gasteiger partial charge < -0.3 is 24.8 Å². The van der Waals surface area contributed by atoms with Crippen molar-refractivity contribution < 1.29 is 32.2 Å². The summed E-state index contributed by atoms with van der Waals surface area (Å²) in [7, 11) is -3.95. The van der Waals surface area contributed by atoms with Crippen molar-refractivity contribution in [2.75, 3.05) is 32.9 Å². The van der Waals surface area contributed by atoms with E-state index in [0.717, 1.165) is 0 Å². The van der Waals surface area contributed by atoms with E-state index in [0.29, 0.717) is 43.4 Å². The molecule has 176 valence electrons. The third kappa shape index (κ3) is 5.41. The maximum Gasteiger partial charge on any atom is 0.309 e. The zero-order valence-electron chi connectivity index (χ0n) is 17.7. The lowest BCUT2D eigenvalue weighted by atomic mass is 10.3. The van der Waals surface area contributed by atoms with Crippen LogP contribution in [0.1, 0.15) is 12.1 Å². The molecule has 2 aliphatic heterocycles. The van der Waals surface area contributed by atoms with Gasteiger partial charge in [-0.3, -0.25) is 14.6 Å². The smallest absolute Gasteiger partial charge is 0.309 e. The predicted molar refractivity (Wildman–Crippen MR) is 115 cm³/mol. The van der Waals surface area contributed by atoms with E-state index in [9.17, 15) is 18.0 Å². The maximum absolute atomic E-state index is 13.3. The number of sulfonamides is 1. The summed E-state index contributed by atoms with van der Waals surface area (Å²) >= 11 is 0. The third-order valence-electron chi connectivity index (χ3n) is 5.07. The fourth-order valence-corrected chi connectivity index (χ4v) is 5.02. The second-order valence-corrected chi connectivity index (χ2v) is 9.20. The molecular weight excluding hydrogens is 452 g/mol. The van der Waals surface area contributed by atoms with Gasteiger partial charge in [-0.15, -0.1) is 0 Å². The Morgan fingerprint density at radius 3 is 2.61 bits per heavy atom. The van der Waals surface area contributed by atoms with E-state index >= 15 is 0 Å². The summed E-state index contributed by atoms with van der Waals surface area (Å²) in [5.74, 6) is -0.903. The van der Waals surface area contributed by atoms with E-state index in [1.165, 1.54) is 16.4 Å². The molecule has 0 saturated carbocycles. The number of fused-ring (bicyclic) bond motifs is 1. The van der Waals surface area contributed by atoms with Crippen LogP contribution in [0.2, 0.25) is 0 Å². The van der Waals surface area contributed by atoms with Gasteiger partial charge in [-0.2, -0.15) is 4.31 Å². The maximum atomic E-state index is 13.3. The van der Waals surface area contributed by atoms with Crippen LogP contribution in [0.4, 0.5) is 0 Å². The van der Waals surface area contributed by atoms with Crippen molar-refractivity contribution in [3.8, 4) is 11.5 Å². The van der Waals surface area contributed by atoms with Gasteiger partial charge in [-0.05, 0) is 30.7 Å². The number of carbonyl (C=O) groups is 2. The Morgan fingerprint density at radius 1 is 1.03 bits per heavy atom. The fraction of sp³-hybridized carbons (Fsp3) is 0.381. The van der Waals surface area contributed by atoms with Crippen LogP contribution < -0.4 is 20.1 Å². The van der Waals surface area contributed by atoms with Crippen molar-refractivity contribution in [2.24, 2.45) is 0 Å². The van der Waals surface area contributed by atoms with Gasteiger partial charge in [-0.25, -0.2) is 8.42 Å². The molecule has 1 saturated heterocycles. The minimum atomic E-state index is -3.95. The summed E-state index contributed by atoms with van der Waals surface area (Å²) in [5.41, 5.74) is 0.603. The quantitative estimate of drug-likeness (QED) is 0.557. The van der Waals surface area contributed by atoms with Crippen LogP contribution in [-0.4, -0.2) is 68.7 Å². The number of aromatic nitrogens is 1. The first kappa shape index (κ1) is 23.0. The number of pyridine rings is 1. The van der Waals surface area contributed by atoms with Crippen LogP contribution in [0.3, 0.4) is 0 Å². The van der Waals surface area contributed by atoms with E-state index in [4.69, 9.17) is 14.2 Å². The SMILES string of the molecule is O=C(NCc1ccccn1)C(=O)NC[C@@H]1OCCCN1S(=O)(=O)c1ccc2c(c1)OCCO2. The molecule has 12 heteroatoms. The van der Waals surface area contributed by atoms with Crippen molar-refractivity contribution in [1.29, 1.82) is 0 Å². The van der Waals surface area contributed by atoms with Crippen LogP contribution in [0, 0.1) is 0 Å². The number of rotatable bonds is 6. The van der Waals surface area contributed by atoms with E-state index in [2.05, 4.69) is 15.6 Å². The summed E-state index contributed by atoms with van der Waals surface area (Å²) in [6, 6.07) is 9.64. The average molecular weight is 477 g/mol. The number of amides is 2. The Morgan fingerprint density at radius 2 is 1.82 bits per heavy atom. The minimum Gasteiger partial charge on any atom is -0.486 e. The van der Waals surface area contributed by atoms with Crippen molar-refractivity contribution in [3.63, 3.8) is 0 Å². The third-order valence-corrected chi connectivity index (χ3v) is 6.96. The molecule has 1 aromatic carbocycles. The van der Waals surface area contributed by atoms with Gasteiger partial charge in [0.15, 0.2) is 11.5 Å². The van der Waals surface area contributed by atoms with Crippen molar-refractivity contribution in [3.05, 3.63) is 48.3 Å². The lowest BCUT2D eigenvalue weighted by Crippen LogP contribution is -2.53. The molecule has 1 aromatic heterocycles. The highest BCUT2D eigenvalue weighted by molar-refractivity contribution is 7.89. The minimum absolute atomic E-state index is 0.0293. The first-order valence-electron chi connectivity index (χ1n) is 10.4. The second-order valence-electron chi connectivity index (χ2n) is 7.31. The molecule has 0 aliphatic carbocycles. The Balaban J connectivity index is 1.38. The highest BCUT2D eigenvalue weighted by Crippen LogP contribution is 2.34. The summed E-state index contributed by atoms with van der Waals surface area (Å²) in [6.45, 7) is 1.19. The summed E-state index contributed by atoms with van der Waals surface area (Å²) in [4.78, 5) is 28.4. The summed E-state index contributed by atoms with van der Waals surface area (Å²) < 4.78 is 44.3. The van der Waals surface area contributed by atoms with Crippen molar-refractivity contribution in [2.45, 2.75) is 24.1 Å². The molecule has 2 aliphatic rings. The molecule has 1 fully saturated rings. The highest BCUT2D eigenvalue weighted by atomic mass is 32.2. The van der Waals surface area contributed by atoms with Crippen molar-refractivity contribution in [1.82, 2.24) is 19.9 Å². The Labute approximate surface area is 191 Å². The molecule has 0 radical (unpaired) electrons. The molecule has 3 heterocycles. The molecule has 33 heavy (non-hydrogen) atoms. The number of carbonyl (C=O) groups excluding carboxylic acids is 2. The number of hydrogen-bond donors (Lipinski definition) is 2. The van der Waals surface area contributed by atoms with Crippen LogP contribution in [0.15, 0.2) is 47.5 Å². The van der Waals surface area contributed by atoms with Crippen LogP contribution in [-0.2, 0) is 30.9 Å². The molecule has 1 atom stereocenters.